The minimum Gasteiger partial charge on any atom is -0.411 e. The van der Waals surface area contributed by atoms with Crippen molar-refractivity contribution in [2.75, 3.05) is 0 Å². The molecule has 0 radical (unpaired) electrons. The van der Waals surface area contributed by atoms with E-state index in [1.165, 1.54) is 11.1 Å². The van der Waals surface area contributed by atoms with Crippen molar-refractivity contribution in [3.8, 4) is 0 Å². The molecule has 0 atom stereocenters. The topological polar surface area (TPSA) is 32.6 Å². The fraction of sp³-hybridized carbons (Fsp3) is 0.167. The maximum absolute atomic E-state index is 8.11. The summed E-state index contributed by atoms with van der Waals surface area (Å²) in [6, 6.07) is 3.90. The van der Waals surface area contributed by atoms with E-state index in [0.717, 1.165) is 4.88 Å². The molecule has 48 valence electrons. The lowest BCUT2D eigenvalue weighted by Gasteiger charge is -1.75. The van der Waals surface area contributed by atoms with Gasteiger partial charge in [-0.05, 0) is 19.1 Å². The molecule has 0 amide bonds. The van der Waals surface area contributed by atoms with E-state index in [-0.39, 0.29) is 0 Å². The predicted molar refractivity (Wildman–Crippen MR) is 38.4 cm³/mol. The van der Waals surface area contributed by atoms with Gasteiger partial charge in [0.1, 0.15) is 0 Å². The molecule has 1 aromatic heterocycles. The molecule has 0 spiro atoms. The van der Waals surface area contributed by atoms with Gasteiger partial charge in [-0.1, -0.05) is 5.16 Å². The molecule has 0 aliphatic heterocycles. The quantitative estimate of drug-likeness (QED) is 0.361. The largest absolute Gasteiger partial charge is 0.411 e. The Hall–Kier alpha value is -0.830. The van der Waals surface area contributed by atoms with Gasteiger partial charge in [-0.25, -0.2) is 0 Å². The molecular formula is C6H7NOS. The molecule has 1 aromatic rings. The number of hydrogen-bond acceptors (Lipinski definition) is 3. The standard InChI is InChI=1S/C6H7NOS/c1-5-2-3-6(9-5)4-7-8/h2-4,8H,1H3/b7-4-. The van der Waals surface area contributed by atoms with E-state index in [4.69, 9.17) is 5.21 Å². The van der Waals surface area contributed by atoms with Crippen molar-refractivity contribution in [3.63, 3.8) is 0 Å². The maximum Gasteiger partial charge on any atom is 0.0833 e. The molecule has 0 aromatic carbocycles. The summed E-state index contributed by atoms with van der Waals surface area (Å²) in [7, 11) is 0. The molecule has 0 fully saturated rings. The molecule has 0 bridgehead atoms. The van der Waals surface area contributed by atoms with Crippen LogP contribution in [0.4, 0.5) is 0 Å². The van der Waals surface area contributed by atoms with Crippen LogP contribution in [-0.2, 0) is 0 Å². The Labute approximate surface area is 57.4 Å². The van der Waals surface area contributed by atoms with E-state index in [1.54, 1.807) is 11.3 Å². The van der Waals surface area contributed by atoms with E-state index >= 15 is 0 Å². The van der Waals surface area contributed by atoms with Crippen LogP contribution in [0.1, 0.15) is 9.75 Å². The smallest absolute Gasteiger partial charge is 0.0833 e. The molecule has 0 unspecified atom stereocenters. The highest BCUT2D eigenvalue weighted by Gasteiger charge is 1.89. The first-order valence-electron chi connectivity index (χ1n) is 2.57. The van der Waals surface area contributed by atoms with Crippen molar-refractivity contribution < 1.29 is 5.21 Å². The Kier molecular flexibility index (Phi) is 1.85. The van der Waals surface area contributed by atoms with E-state index in [1.807, 2.05) is 19.1 Å². The molecule has 1 N–H and O–H groups in total. The van der Waals surface area contributed by atoms with Gasteiger partial charge in [0.25, 0.3) is 0 Å². The molecule has 0 aliphatic carbocycles. The van der Waals surface area contributed by atoms with Crippen LogP contribution in [0.2, 0.25) is 0 Å². The molecule has 1 heterocycles. The van der Waals surface area contributed by atoms with Crippen LogP contribution in [0.15, 0.2) is 17.3 Å². The van der Waals surface area contributed by atoms with Crippen LogP contribution < -0.4 is 0 Å². The maximum atomic E-state index is 8.11. The number of aryl methyl sites for hydroxylation is 1. The summed E-state index contributed by atoms with van der Waals surface area (Å²) in [5.41, 5.74) is 0. The van der Waals surface area contributed by atoms with Gasteiger partial charge in [0, 0.05) is 9.75 Å². The van der Waals surface area contributed by atoms with Gasteiger partial charge in [-0.3, -0.25) is 0 Å². The van der Waals surface area contributed by atoms with Crippen LogP contribution in [0.3, 0.4) is 0 Å². The summed E-state index contributed by atoms with van der Waals surface area (Å²) in [4.78, 5) is 2.21. The number of nitrogens with zero attached hydrogens (tertiary/aromatic N) is 1. The average molecular weight is 141 g/mol. The Morgan fingerprint density at radius 2 is 2.44 bits per heavy atom. The van der Waals surface area contributed by atoms with Crippen LogP contribution in [0, 0.1) is 6.92 Å². The Balaban J connectivity index is 2.85. The van der Waals surface area contributed by atoms with Gasteiger partial charge < -0.3 is 5.21 Å². The monoisotopic (exact) mass is 141 g/mol. The van der Waals surface area contributed by atoms with Gasteiger partial charge >= 0.3 is 0 Å². The van der Waals surface area contributed by atoms with Gasteiger partial charge in [0.2, 0.25) is 0 Å². The van der Waals surface area contributed by atoms with Crippen molar-refractivity contribution >= 4 is 17.6 Å². The Bertz CT molecular complexity index is 217. The third-order valence-electron chi connectivity index (χ3n) is 0.946. The fourth-order valence-corrected chi connectivity index (χ4v) is 1.32. The minimum atomic E-state index is 0.981. The lowest BCUT2D eigenvalue weighted by Crippen LogP contribution is -1.67. The molecule has 0 saturated heterocycles. The SMILES string of the molecule is Cc1ccc(/C=N\O)s1. The number of oxime groups is 1. The fourth-order valence-electron chi connectivity index (χ4n) is 0.580. The van der Waals surface area contributed by atoms with Gasteiger partial charge in [-0.15, -0.1) is 11.3 Å². The molecule has 3 heteroatoms. The molecule has 9 heavy (non-hydrogen) atoms. The second-order valence-electron chi connectivity index (χ2n) is 1.69. The molecule has 2 nitrogen and oxygen atoms in total. The third kappa shape index (κ3) is 1.54. The number of rotatable bonds is 1. The van der Waals surface area contributed by atoms with E-state index in [0.29, 0.717) is 0 Å². The summed E-state index contributed by atoms with van der Waals surface area (Å²) in [6.45, 7) is 2.01. The zero-order valence-electron chi connectivity index (χ0n) is 5.03. The highest BCUT2D eigenvalue weighted by atomic mass is 32.1. The van der Waals surface area contributed by atoms with Crippen molar-refractivity contribution in [1.29, 1.82) is 0 Å². The lowest BCUT2D eigenvalue weighted by atomic mass is 10.4. The van der Waals surface area contributed by atoms with Gasteiger partial charge in [0.05, 0.1) is 6.21 Å². The first kappa shape index (κ1) is 6.29. The zero-order valence-corrected chi connectivity index (χ0v) is 5.85. The van der Waals surface area contributed by atoms with Crippen molar-refractivity contribution in [3.05, 3.63) is 21.9 Å². The van der Waals surface area contributed by atoms with Gasteiger partial charge in [-0.2, -0.15) is 0 Å². The summed E-state index contributed by atoms with van der Waals surface area (Å²) in [6.07, 6.45) is 1.43. The predicted octanol–water partition coefficient (Wildman–Crippen LogP) is 1.86. The normalized spacial score (nSPS) is 10.8. The summed E-state index contributed by atoms with van der Waals surface area (Å²) in [5, 5.41) is 11.0. The van der Waals surface area contributed by atoms with Gasteiger partial charge in [0.15, 0.2) is 0 Å². The molecule has 0 aliphatic rings. The third-order valence-corrected chi connectivity index (χ3v) is 1.88. The Morgan fingerprint density at radius 3 is 2.89 bits per heavy atom. The average Bonchev–Trinajstić information content (AvgIpc) is 2.17. The molecule has 0 saturated carbocycles. The zero-order chi connectivity index (χ0) is 6.69. The minimum absolute atomic E-state index is 0.981. The highest BCUT2D eigenvalue weighted by Crippen LogP contribution is 2.11. The van der Waals surface area contributed by atoms with Crippen molar-refractivity contribution in [2.45, 2.75) is 6.92 Å². The first-order chi connectivity index (χ1) is 4.33. The van der Waals surface area contributed by atoms with Crippen LogP contribution in [0.25, 0.3) is 0 Å². The van der Waals surface area contributed by atoms with Crippen molar-refractivity contribution in [2.24, 2.45) is 5.16 Å². The summed E-state index contributed by atoms with van der Waals surface area (Å²) in [5.74, 6) is 0. The first-order valence-corrected chi connectivity index (χ1v) is 3.38. The number of thiophene rings is 1. The number of hydrogen-bond donors (Lipinski definition) is 1. The van der Waals surface area contributed by atoms with Crippen LogP contribution >= 0.6 is 11.3 Å². The second-order valence-corrected chi connectivity index (χ2v) is 3.01. The lowest BCUT2D eigenvalue weighted by molar-refractivity contribution is 0.322. The van der Waals surface area contributed by atoms with Crippen LogP contribution in [-0.4, -0.2) is 11.4 Å². The van der Waals surface area contributed by atoms with E-state index < -0.39 is 0 Å². The summed E-state index contributed by atoms with van der Waals surface area (Å²) >= 11 is 1.60. The van der Waals surface area contributed by atoms with Crippen LogP contribution in [0.5, 0.6) is 0 Å². The molecular weight excluding hydrogens is 134 g/mol. The van der Waals surface area contributed by atoms with E-state index in [9.17, 15) is 0 Å². The second kappa shape index (κ2) is 2.64. The highest BCUT2D eigenvalue weighted by molar-refractivity contribution is 7.13. The van der Waals surface area contributed by atoms with Crippen molar-refractivity contribution in [1.82, 2.24) is 0 Å². The van der Waals surface area contributed by atoms with E-state index in [2.05, 4.69) is 5.16 Å². The summed E-state index contributed by atoms with van der Waals surface area (Å²) < 4.78 is 0. The molecule has 1 rings (SSSR count). The Morgan fingerprint density at radius 1 is 1.67 bits per heavy atom.